The van der Waals surface area contributed by atoms with Crippen LogP contribution in [0.5, 0.6) is 11.5 Å². The highest BCUT2D eigenvalue weighted by Crippen LogP contribution is 2.67. The molecule has 4 heterocycles. The summed E-state index contributed by atoms with van der Waals surface area (Å²) in [6.45, 7) is 5.77. The number of amides is 1. The fourth-order valence-corrected chi connectivity index (χ4v) is 16.1. The first-order chi connectivity index (χ1) is 39.8. The lowest BCUT2D eigenvalue weighted by atomic mass is 9.46. The lowest BCUT2D eigenvalue weighted by molar-refractivity contribution is -0.146. The maximum Gasteiger partial charge on any atom is 0.413 e. The lowest BCUT2D eigenvalue weighted by Crippen LogP contribution is -2.57. The predicted octanol–water partition coefficient (Wildman–Crippen LogP) is 7.91. The Labute approximate surface area is 478 Å². The number of Topliss-reactive ketones (excluding diaryl/α,β-unsaturated/α-hetero) is 1. The van der Waals surface area contributed by atoms with Crippen molar-refractivity contribution in [2.75, 3.05) is 70.1 Å². The van der Waals surface area contributed by atoms with Crippen molar-refractivity contribution in [2.45, 2.75) is 141 Å². The SMILES string of the molecule is COc1c(N2CCCCC(N)C2)c(F)cc2c(=O)c(C(=O)OCOC(=O)N3CCN(c4c(F)cc5c(=O)c(C(=O)OCC(=O)C6CCC7C8CCC9=CC(=O)CCC9(C)C8C(O)CC67C)cn(C6CC6)c5c4OC)CC3C)cn(C3CC3)c12. The molecule has 8 aliphatic rings. The molecule has 7 fully saturated rings. The number of methoxy groups -OCH3 is 2. The van der Waals surface area contributed by atoms with E-state index in [0.29, 0.717) is 57.1 Å². The summed E-state index contributed by atoms with van der Waals surface area (Å²) < 4.78 is 64.5. The summed E-state index contributed by atoms with van der Waals surface area (Å²) in [7, 11) is 2.78. The maximum atomic E-state index is 16.7. The number of aliphatic hydroxyl groups is 1. The summed E-state index contributed by atoms with van der Waals surface area (Å²) in [5.74, 6) is -3.56. The Morgan fingerprint density at radius 1 is 0.735 bits per heavy atom. The first kappa shape index (κ1) is 56.6. The van der Waals surface area contributed by atoms with Gasteiger partial charge in [0.05, 0.1) is 42.1 Å². The van der Waals surface area contributed by atoms with Gasteiger partial charge in [-0.3, -0.25) is 19.2 Å². The molecule has 4 aromatic rings. The Hall–Kier alpha value is -6.87. The Kier molecular flexibility index (Phi) is 14.8. The molecule has 2 aliphatic heterocycles. The second kappa shape index (κ2) is 21.6. The van der Waals surface area contributed by atoms with Crippen LogP contribution in [0.15, 0.2) is 45.8 Å². The van der Waals surface area contributed by atoms with E-state index in [2.05, 4.69) is 13.8 Å². The standard InChI is InChI=1S/C62H74F2N6O13/c1-32-26-67(20-21-68(32)60(78)83-31-82-59(77)42-29-70(36-12-13-36)50-40(55(42)75)23-45(63)52(56(50)79-4)66-19-7-6-8-34(65)27-66)53-46(64)24-39-51(57(53)80-5)69(35-10-11-35)28-41(54(39)74)58(76)81-30-48(73)44-16-15-43-38-14-9-33-22-37(71)17-18-61(33,2)49(38)47(72)25-62(43,44)3/h22-24,28-29,32,34-36,38,43-44,47,49,72H,6-21,25-27,30-31,65H2,1-5H3. The van der Waals surface area contributed by atoms with Crippen molar-refractivity contribution in [2.24, 2.45) is 40.2 Å². The van der Waals surface area contributed by atoms with Crippen molar-refractivity contribution in [3.05, 3.63) is 79.4 Å². The number of pyridine rings is 2. The molecule has 2 saturated heterocycles. The first-order valence-corrected chi connectivity index (χ1v) is 29.6. The predicted molar refractivity (Wildman–Crippen MR) is 302 cm³/mol. The third-order valence-corrected chi connectivity index (χ3v) is 20.3. The van der Waals surface area contributed by atoms with E-state index in [-0.39, 0.29) is 123 Å². The molecule has 83 heavy (non-hydrogen) atoms. The number of allylic oxidation sites excluding steroid dienone is 1. The molecule has 0 radical (unpaired) electrons. The van der Waals surface area contributed by atoms with E-state index >= 15 is 8.78 Å². The van der Waals surface area contributed by atoms with E-state index in [1.807, 2.05) is 4.90 Å². The van der Waals surface area contributed by atoms with Crippen LogP contribution in [0.3, 0.4) is 0 Å². The Morgan fingerprint density at radius 3 is 1.93 bits per heavy atom. The van der Waals surface area contributed by atoms with Crippen molar-refractivity contribution in [1.29, 1.82) is 0 Å². The van der Waals surface area contributed by atoms with Crippen LogP contribution in [0.4, 0.5) is 25.0 Å². The number of esters is 2. The highest BCUT2D eigenvalue weighted by molar-refractivity contribution is 6.00. The number of hydrogen-bond donors (Lipinski definition) is 2. The van der Waals surface area contributed by atoms with Crippen molar-refractivity contribution in [1.82, 2.24) is 14.0 Å². The van der Waals surface area contributed by atoms with Gasteiger partial charge in [-0.15, -0.1) is 0 Å². The highest BCUT2D eigenvalue weighted by Gasteiger charge is 2.63. The van der Waals surface area contributed by atoms with Gasteiger partial charge in [0.25, 0.3) is 0 Å². The zero-order valence-corrected chi connectivity index (χ0v) is 47.8. The molecule has 6 aliphatic carbocycles. The second-order valence-corrected chi connectivity index (χ2v) is 25.3. The van der Waals surface area contributed by atoms with E-state index < -0.39 is 77.4 Å². The van der Waals surface area contributed by atoms with Gasteiger partial charge >= 0.3 is 18.0 Å². The number of fused-ring (bicyclic) bond motifs is 7. The van der Waals surface area contributed by atoms with Crippen molar-refractivity contribution < 1.29 is 61.5 Å². The van der Waals surface area contributed by atoms with Crippen LogP contribution in [0.2, 0.25) is 0 Å². The number of rotatable bonds is 13. The molecule has 1 amide bonds. The van der Waals surface area contributed by atoms with E-state index in [1.54, 1.807) is 27.0 Å². The molecule has 5 saturated carbocycles. The minimum absolute atomic E-state index is 0.00692. The summed E-state index contributed by atoms with van der Waals surface area (Å²) in [5, 5.41) is 11.7. The van der Waals surface area contributed by atoms with Crippen LogP contribution >= 0.6 is 0 Å². The number of piperazine rings is 1. The summed E-state index contributed by atoms with van der Waals surface area (Å²) in [5.41, 5.74) is 5.30. The second-order valence-electron chi connectivity index (χ2n) is 25.3. The molecule has 0 spiro atoms. The number of carbonyl (C=O) groups is 5. The fraction of sp³-hybridized carbons (Fsp3) is 0.597. The molecule has 9 unspecified atom stereocenters. The van der Waals surface area contributed by atoms with Crippen LogP contribution < -0.4 is 35.9 Å². The molecule has 9 atom stereocenters. The molecule has 0 bridgehead atoms. The molecule has 3 N–H and O–H groups in total. The number of hydrogen-bond acceptors (Lipinski definition) is 16. The molecule has 19 nitrogen and oxygen atoms in total. The van der Waals surface area contributed by atoms with Crippen LogP contribution in [0.25, 0.3) is 21.8 Å². The number of nitrogens with zero attached hydrogens (tertiary/aromatic N) is 5. The number of benzene rings is 2. The molecular formula is C62H74F2N6O13. The molecule has 2 aromatic carbocycles. The van der Waals surface area contributed by atoms with Crippen LogP contribution in [-0.2, 0) is 23.8 Å². The normalized spacial score (nSPS) is 28.9. The van der Waals surface area contributed by atoms with Gasteiger partial charge in [-0.25, -0.2) is 23.2 Å². The quantitative estimate of drug-likeness (QED) is 0.0957. The molecule has 12 rings (SSSR count). The Bertz CT molecular complexity index is 3520. The monoisotopic (exact) mass is 1150 g/mol. The van der Waals surface area contributed by atoms with Crippen molar-refractivity contribution in [3.63, 3.8) is 0 Å². The van der Waals surface area contributed by atoms with E-state index in [0.717, 1.165) is 69.1 Å². The van der Waals surface area contributed by atoms with Gasteiger partial charge in [0.2, 0.25) is 17.7 Å². The molecule has 21 heteroatoms. The number of carbonyl (C=O) groups excluding carboxylic acids is 5. The van der Waals surface area contributed by atoms with Crippen LogP contribution in [-0.4, -0.2) is 127 Å². The number of aliphatic hydroxyl groups excluding tert-OH is 1. The van der Waals surface area contributed by atoms with Gasteiger partial charge in [-0.05, 0) is 131 Å². The average molecular weight is 1150 g/mol. The van der Waals surface area contributed by atoms with Gasteiger partial charge < -0.3 is 58.4 Å². The van der Waals surface area contributed by atoms with Gasteiger partial charge in [-0.2, -0.15) is 0 Å². The van der Waals surface area contributed by atoms with Crippen molar-refractivity contribution in [3.8, 4) is 11.5 Å². The smallest absolute Gasteiger partial charge is 0.413 e. The third-order valence-electron chi connectivity index (χ3n) is 20.3. The minimum atomic E-state index is -1.07. The number of ketones is 2. The number of nitrogens with two attached hydrogens (primary N) is 1. The topological polar surface area (TPSA) is 231 Å². The van der Waals surface area contributed by atoms with Crippen LogP contribution in [0.1, 0.15) is 143 Å². The summed E-state index contributed by atoms with van der Waals surface area (Å²) in [6.07, 6.45) is 13.2. The maximum absolute atomic E-state index is 16.7. The first-order valence-electron chi connectivity index (χ1n) is 29.6. The summed E-state index contributed by atoms with van der Waals surface area (Å²) in [4.78, 5) is 101. The van der Waals surface area contributed by atoms with E-state index in [1.165, 1.54) is 31.5 Å². The van der Waals surface area contributed by atoms with Gasteiger partial charge in [-0.1, -0.05) is 25.8 Å². The van der Waals surface area contributed by atoms with Gasteiger partial charge in [0.15, 0.2) is 41.3 Å². The van der Waals surface area contributed by atoms with E-state index in [9.17, 15) is 38.7 Å². The van der Waals surface area contributed by atoms with E-state index in [4.69, 9.17) is 29.4 Å². The minimum Gasteiger partial charge on any atom is -0.492 e. The lowest BCUT2D eigenvalue weighted by Gasteiger charge is -2.59. The fourth-order valence-electron chi connectivity index (χ4n) is 16.1. The van der Waals surface area contributed by atoms with Gasteiger partial charge in [0, 0.05) is 81.6 Å². The molecule has 444 valence electrons. The van der Waals surface area contributed by atoms with Crippen molar-refractivity contribution >= 4 is 62.8 Å². The summed E-state index contributed by atoms with van der Waals surface area (Å²) >= 11 is 0. The number of aromatic nitrogens is 2. The zero-order valence-electron chi connectivity index (χ0n) is 47.8. The average Bonchev–Trinajstić information content (AvgIpc) is 2.92. The number of ether oxygens (including phenoxy) is 5. The largest absolute Gasteiger partial charge is 0.492 e. The Morgan fingerprint density at radius 2 is 1.34 bits per heavy atom. The van der Waals surface area contributed by atoms with Gasteiger partial charge in [0.1, 0.15) is 22.5 Å². The number of halogens is 2. The number of anilines is 2. The molecular weight excluding hydrogens is 1070 g/mol. The Balaban J connectivity index is 0.707. The highest BCUT2D eigenvalue weighted by atomic mass is 19.1. The molecule has 2 aromatic heterocycles. The third kappa shape index (κ3) is 9.74. The summed E-state index contributed by atoms with van der Waals surface area (Å²) in [6, 6.07) is 1.23. The van der Waals surface area contributed by atoms with Crippen LogP contribution in [0, 0.1) is 46.1 Å². The zero-order chi connectivity index (χ0) is 58.6.